The first kappa shape index (κ1) is 11.5. The third-order valence-corrected chi connectivity index (χ3v) is 2.68. The second-order valence-electron chi connectivity index (χ2n) is 4.23. The lowest BCUT2D eigenvalue weighted by molar-refractivity contribution is 1.13. The molecule has 1 aromatic rings. The summed E-state index contributed by atoms with van der Waals surface area (Å²) >= 11 is 0. The van der Waals surface area contributed by atoms with E-state index in [4.69, 9.17) is 0 Å². The molecule has 0 heterocycles. The Bertz CT molecular complexity index is 471. The van der Waals surface area contributed by atoms with Crippen LogP contribution < -0.4 is 4.90 Å². The fourth-order valence-electron chi connectivity index (χ4n) is 1.65. The van der Waals surface area contributed by atoms with E-state index in [9.17, 15) is 0 Å². The zero-order valence-electron chi connectivity index (χ0n) is 10.3. The molecule has 0 saturated heterocycles. The van der Waals surface area contributed by atoms with E-state index in [2.05, 4.69) is 59.5 Å². The number of anilines is 1. The first-order valence-electron chi connectivity index (χ1n) is 5.76. The highest BCUT2D eigenvalue weighted by Gasteiger charge is 1.93. The molecule has 1 nitrogen and oxygen atoms in total. The zero-order chi connectivity index (χ0) is 12.1. The Morgan fingerprint density at radius 1 is 0.941 bits per heavy atom. The number of nitrogens with zero attached hydrogens (tertiary/aromatic N) is 1. The minimum absolute atomic E-state index is 1.22. The molecule has 0 fully saturated rings. The lowest BCUT2D eigenvalue weighted by Gasteiger charge is -2.11. The number of rotatable bonds is 3. The van der Waals surface area contributed by atoms with Crippen LogP contribution in [0.15, 0.2) is 66.3 Å². The molecule has 1 aliphatic rings. The van der Waals surface area contributed by atoms with Crippen LogP contribution in [-0.4, -0.2) is 14.1 Å². The molecule has 0 radical (unpaired) electrons. The molecular weight excluding hydrogens is 206 g/mol. The monoisotopic (exact) mass is 223 g/mol. The van der Waals surface area contributed by atoms with E-state index < -0.39 is 0 Å². The summed E-state index contributed by atoms with van der Waals surface area (Å²) in [7, 11) is 4.10. The fraction of sp³-hybridized carbons (Fsp3) is 0.125. The molecule has 0 aliphatic heterocycles. The largest absolute Gasteiger partial charge is 0.378 e. The van der Waals surface area contributed by atoms with Gasteiger partial charge < -0.3 is 4.90 Å². The van der Waals surface area contributed by atoms with E-state index in [0.717, 1.165) is 0 Å². The van der Waals surface area contributed by atoms with Crippen molar-refractivity contribution in [2.75, 3.05) is 19.0 Å². The molecule has 0 unspecified atom stereocenters. The summed E-state index contributed by atoms with van der Waals surface area (Å²) in [5.41, 5.74) is 3.69. The minimum Gasteiger partial charge on any atom is -0.378 e. The summed E-state index contributed by atoms with van der Waals surface area (Å²) in [5.74, 6) is 0. The van der Waals surface area contributed by atoms with Crippen molar-refractivity contribution in [3.8, 4) is 0 Å². The lowest BCUT2D eigenvalue weighted by Crippen LogP contribution is -2.07. The predicted molar refractivity (Wildman–Crippen MR) is 76.2 cm³/mol. The molecule has 1 aliphatic carbocycles. The molecule has 0 amide bonds. The Hall–Kier alpha value is -2.02. The van der Waals surface area contributed by atoms with E-state index in [1.807, 2.05) is 26.2 Å². The quantitative estimate of drug-likeness (QED) is 0.753. The molecule has 0 bridgehead atoms. The topological polar surface area (TPSA) is 3.24 Å². The molecule has 0 atom stereocenters. The molecule has 17 heavy (non-hydrogen) atoms. The lowest BCUT2D eigenvalue weighted by atomic mass is 10.1. The maximum Gasteiger partial charge on any atom is 0.0361 e. The molecule has 86 valence electrons. The van der Waals surface area contributed by atoms with Gasteiger partial charge in [0.05, 0.1) is 0 Å². The average Bonchev–Trinajstić information content (AvgIpc) is 2.83. The van der Waals surface area contributed by atoms with Gasteiger partial charge in [-0.3, -0.25) is 0 Å². The van der Waals surface area contributed by atoms with Crippen LogP contribution in [0.1, 0.15) is 5.56 Å². The van der Waals surface area contributed by atoms with Crippen molar-refractivity contribution < 1.29 is 0 Å². The molecule has 0 aromatic heterocycles. The van der Waals surface area contributed by atoms with Crippen LogP contribution in [-0.2, 0) is 0 Å². The summed E-state index contributed by atoms with van der Waals surface area (Å²) in [6.45, 7) is 0. The summed E-state index contributed by atoms with van der Waals surface area (Å²) in [6.07, 6.45) is 14.6. The smallest absolute Gasteiger partial charge is 0.0361 e. The Morgan fingerprint density at radius 2 is 1.59 bits per heavy atom. The van der Waals surface area contributed by atoms with Crippen molar-refractivity contribution in [1.29, 1.82) is 0 Å². The van der Waals surface area contributed by atoms with Crippen molar-refractivity contribution in [2.45, 2.75) is 0 Å². The van der Waals surface area contributed by atoms with Gasteiger partial charge in [-0.1, -0.05) is 54.7 Å². The third-order valence-electron chi connectivity index (χ3n) is 2.68. The fourth-order valence-corrected chi connectivity index (χ4v) is 1.65. The van der Waals surface area contributed by atoms with Crippen LogP contribution in [0.25, 0.3) is 6.08 Å². The van der Waals surface area contributed by atoms with E-state index in [-0.39, 0.29) is 0 Å². The number of hydrogen-bond donors (Lipinski definition) is 0. The van der Waals surface area contributed by atoms with Gasteiger partial charge >= 0.3 is 0 Å². The Kier molecular flexibility index (Phi) is 3.61. The molecule has 0 saturated carbocycles. The standard InChI is InChI=1S/C16H17N/c1-17(2)16-12-10-15(11-13-16)9-5-8-14-6-3-4-7-14/h3-13H,1-2H3/b9-5+. The SMILES string of the molecule is CN(C)c1ccc(/C=C/C=C2C=CC=C2)cc1. The highest BCUT2D eigenvalue weighted by Crippen LogP contribution is 2.13. The normalized spacial score (nSPS) is 13.6. The van der Waals surface area contributed by atoms with Crippen LogP contribution in [0.2, 0.25) is 0 Å². The summed E-state index contributed by atoms with van der Waals surface area (Å²) in [5, 5.41) is 0. The number of benzene rings is 1. The second-order valence-corrected chi connectivity index (χ2v) is 4.23. The van der Waals surface area contributed by atoms with Gasteiger partial charge in [-0.15, -0.1) is 0 Å². The van der Waals surface area contributed by atoms with Crippen LogP contribution in [0, 0.1) is 0 Å². The Balaban J connectivity index is 2.04. The highest BCUT2D eigenvalue weighted by atomic mass is 15.1. The first-order valence-corrected chi connectivity index (χ1v) is 5.76. The average molecular weight is 223 g/mol. The molecular formula is C16H17N. The zero-order valence-corrected chi connectivity index (χ0v) is 10.3. The van der Waals surface area contributed by atoms with Gasteiger partial charge in [-0.05, 0) is 23.3 Å². The van der Waals surface area contributed by atoms with E-state index in [0.29, 0.717) is 0 Å². The van der Waals surface area contributed by atoms with Crippen molar-refractivity contribution in [1.82, 2.24) is 0 Å². The maximum atomic E-state index is 2.13. The van der Waals surface area contributed by atoms with Crippen LogP contribution in [0.5, 0.6) is 0 Å². The van der Waals surface area contributed by atoms with Crippen molar-refractivity contribution in [3.63, 3.8) is 0 Å². The third kappa shape index (κ3) is 3.22. The summed E-state index contributed by atoms with van der Waals surface area (Å²) in [4.78, 5) is 2.10. The van der Waals surface area contributed by atoms with Crippen LogP contribution >= 0.6 is 0 Å². The summed E-state index contributed by atoms with van der Waals surface area (Å²) < 4.78 is 0. The highest BCUT2D eigenvalue weighted by molar-refractivity contribution is 5.57. The van der Waals surface area contributed by atoms with Gasteiger partial charge in [-0.25, -0.2) is 0 Å². The number of hydrogen-bond acceptors (Lipinski definition) is 1. The molecule has 1 aromatic carbocycles. The van der Waals surface area contributed by atoms with E-state index >= 15 is 0 Å². The van der Waals surface area contributed by atoms with Gasteiger partial charge in [0.25, 0.3) is 0 Å². The van der Waals surface area contributed by atoms with Crippen molar-refractivity contribution in [3.05, 3.63) is 71.9 Å². The number of allylic oxidation sites excluding steroid dienone is 7. The minimum atomic E-state index is 1.22. The van der Waals surface area contributed by atoms with Gasteiger partial charge in [-0.2, -0.15) is 0 Å². The molecule has 0 spiro atoms. The Labute approximate surface area is 103 Å². The second kappa shape index (κ2) is 5.35. The first-order chi connectivity index (χ1) is 8.25. The van der Waals surface area contributed by atoms with E-state index in [1.54, 1.807) is 0 Å². The van der Waals surface area contributed by atoms with Crippen LogP contribution in [0.4, 0.5) is 5.69 Å². The predicted octanol–water partition coefficient (Wildman–Crippen LogP) is 3.82. The van der Waals surface area contributed by atoms with Gasteiger partial charge in [0.1, 0.15) is 0 Å². The molecule has 1 heteroatoms. The summed E-state index contributed by atoms with van der Waals surface area (Å²) in [6, 6.07) is 8.51. The van der Waals surface area contributed by atoms with E-state index in [1.165, 1.54) is 16.8 Å². The van der Waals surface area contributed by atoms with Crippen molar-refractivity contribution in [2.24, 2.45) is 0 Å². The van der Waals surface area contributed by atoms with Gasteiger partial charge in [0, 0.05) is 19.8 Å². The Morgan fingerprint density at radius 3 is 2.18 bits per heavy atom. The van der Waals surface area contributed by atoms with Crippen LogP contribution in [0.3, 0.4) is 0 Å². The molecule has 0 N–H and O–H groups in total. The van der Waals surface area contributed by atoms with Crippen molar-refractivity contribution >= 4 is 11.8 Å². The van der Waals surface area contributed by atoms with Gasteiger partial charge in [0.2, 0.25) is 0 Å². The van der Waals surface area contributed by atoms with Gasteiger partial charge in [0.15, 0.2) is 0 Å². The molecule has 2 rings (SSSR count). The maximum absolute atomic E-state index is 2.13.